The quantitative estimate of drug-likeness (QED) is 0.685. The number of aliphatic hydroxyl groups excluding tert-OH is 1. The molecule has 0 aliphatic rings. The van der Waals surface area contributed by atoms with E-state index in [9.17, 15) is 10.2 Å². The average Bonchev–Trinajstić information content (AvgIpc) is 2.46. The number of aliphatic hydroxyl groups is 1. The first-order valence-electron chi connectivity index (χ1n) is 7.31. The Kier molecular flexibility index (Phi) is 6.82. The van der Waals surface area contributed by atoms with Crippen molar-refractivity contribution in [1.29, 1.82) is 0 Å². The maximum absolute atomic E-state index is 10.1. The van der Waals surface area contributed by atoms with E-state index in [1.165, 1.54) is 0 Å². The minimum atomic E-state index is -0.361. The molecule has 114 valence electrons. The van der Waals surface area contributed by atoms with Crippen LogP contribution in [0.1, 0.15) is 45.2 Å². The van der Waals surface area contributed by atoms with E-state index in [1.807, 2.05) is 13.0 Å². The van der Waals surface area contributed by atoms with Gasteiger partial charge in [-0.15, -0.1) is 0 Å². The molecule has 0 spiro atoms. The van der Waals surface area contributed by atoms with Gasteiger partial charge in [0.1, 0.15) is 11.5 Å². The first-order valence-corrected chi connectivity index (χ1v) is 7.31. The lowest BCUT2D eigenvalue weighted by molar-refractivity contribution is 0.0988. The molecule has 0 fully saturated rings. The fourth-order valence-corrected chi connectivity index (χ4v) is 2.41. The summed E-state index contributed by atoms with van der Waals surface area (Å²) >= 11 is 0. The molecular formula is C16H27NO3. The van der Waals surface area contributed by atoms with Gasteiger partial charge < -0.3 is 20.3 Å². The van der Waals surface area contributed by atoms with E-state index in [-0.39, 0.29) is 17.9 Å². The number of phenols is 1. The predicted octanol–water partition coefficient (Wildman–Crippen LogP) is 2.85. The molecule has 1 aromatic rings. The summed E-state index contributed by atoms with van der Waals surface area (Å²) in [5, 5.41) is 23.3. The van der Waals surface area contributed by atoms with Gasteiger partial charge in [-0.3, -0.25) is 0 Å². The predicted molar refractivity (Wildman–Crippen MR) is 81.2 cm³/mol. The first-order chi connectivity index (χ1) is 9.53. The Labute approximate surface area is 121 Å². The van der Waals surface area contributed by atoms with E-state index < -0.39 is 0 Å². The third-order valence-corrected chi connectivity index (χ3v) is 3.93. The van der Waals surface area contributed by atoms with E-state index in [1.54, 1.807) is 19.2 Å². The van der Waals surface area contributed by atoms with Crippen LogP contribution >= 0.6 is 0 Å². The van der Waals surface area contributed by atoms with Crippen LogP contribution in [0.5, 0.6) is 11.5 Å². The zero-order valence-corrected chi connectivity index (χ0v) is 12.9. The van der Waals surface area contributed by atoms with Crippen molar-refractivity contribution in [3.63, 3.8) is 0 Å². The summed E-state index contributed by atoms with van der Waals surface area (Å²) in [6.45, 7) is 6.67. The monoisotopic (exact) mass is 281 g/mol. The number of hydrogen-bond donors (Lipinski definition) is 3. The van der Waals surface area contributed by atoms with Crippen molar-refractivity contribution in [2.24, 2.45) is 5.92 Å². The molecule has 0 saturated carbocycles. The lowest BCUT2D eigenvalue weighted by Crippen LogP contribution is -2.34. The zero-order chi connectivity index (χ0) is 15.1. The van der Waals surface area contributed by atoms with Crippen LogP contribution in [0.4, 0.5) is 0 Å². The minimum Gasteiger partial charge on any atom is -0.508 e. The molecule has 0 heterocycles. The summed E-state index contributed by atoms with van der Waals surface area (Å²) in [5.41, 5.74) is 0.779. The third-order valence-electron chi connectivity index (χ3n) is 3.93. The lowest BCUT2D eigenvalue weighted by atomic mass is 9.96. The van der Waals surface area contributed by atoms with E-state index in [0.717, 1.165) is 18.4 Å². The van der Waals surface area contributed by atoms with Crippen LogP contribution in [0.3, 0.4) is 0 Å². The van der Waals surface area contributed by atoms with E-state index in [0.29, 0.717) is 18.2 Å². The molecule has 0 bridgehead atoms. The molecule has 2 unspecified atom stereocenters. The highest BCUT2D eigenvalue weighted by Crippen LogP contribution is 2.28. The van der Waals surface area contributed by atoms with Crippen LogP contribution in [0.15, 0.2) is 18.2 Å². The Morgan fingerprint density at radius 1 is 1.25 bits per heavy atom. The third kappa shape index (κ3) is 4.39. The van der Waals surface area contributed by atoms with Gasteiger partial charge in [0.05, 0.1) is 13.2 Å². The molecule has 0 amide bonds. The lowest BCUT2D eigenvalue weighted by Gasteiger charge is -2.23. The molecule has 2 atom stereocenters. The van der Waals surface area contributed by atoms with Gasteiger partial charge >= 0.3 is 0 Å². The standard InChI is InChI=1S/C16H27NO3/c1-5-12(6-2)16(19)10-17-11(3)14-9-13(20-4)7-8-15(14)18/h7-9,11-12,16-19H,5-6,10H2,1-4H3. The number of benzene rings is 1. The number of aromatic hydroxyl groups is 1. The minimum absolute atomic E-state index is 0.0471. The molecule has 0 radical (unpaired) electrons. The summed E-state index contributed by atoms with van der Waals surface area (Å²) in [4.78, 5) is 0. The fourth-order valence-electron chi connectivity index (χ4n) is 2.41. The highest BCUT2D eigenvalue weighted by molar-refractivity contribution is 5.41. The summed E-state index contributed by atoms with van der Waals surface area (Å²) in [6, 6.07) is 5.12. The van der Waals surface area contributed by atoms with Gasteiger partial charge in [0, 0.05) is 18.2 Å². The van der Waals surface area contributed by atoms with Crippen molar-refractivity contribution in [2.45, 2.75) is 45.8 Å². The Bertz CT molecular complexity index is 405. The summed E-state index contributed by atoms with van der Waals surface area (Å²) in [5.74, 6) is 1.27. The largest absolute Gasteiger partial charge is 0.508 e. The number of rotatable bonds is 8. The van der Waals surface area contributed by atoms with Crippen molar-refractivity contribution in [3.05, 3.63) is 23.8 Å². The van der Waals surface area contributed by atoms with Gasteiger partial charge in [-0.25, -0.2) is 0 Å². The first kappa shape index (κ1) is 16.8. The van der Waals surface area contributed by atoms with Crippen LogP contribution in [0, 0.1) is 5.92 Å². The topological polar surface area (TPSA) is 61.7 Å². The molecule has 0 aliphatic heterocycles. The summed E-state index contributed by atoms with van der Waals surface area (Å²) in [6.07, 6.45) is 1.58. The van der Waals surface area contributed by atoms with Gasteiger partial charge in [-0.2, -0.15) is 0 Å². The molecule has 0 aliphatic carbocycles. The number of phenolic OH excluding ortho intramolecular Hbond substituents is 1. The van der Waals surface area contributed by atoms with Crippen molar-refractivity contribution < 1.29 is 14.9 Å². The average molecular weight is 281 g/mol. The Hall–Kier alpha value is -1.26. The van der Waals surface area contributed by atoms with Crippen molar-refractivity contribution in [2.75, 3.05) is 13.7 Å². The molecule has 20 heavy (non-hydrogen) atoms. The van der Waals surface area contributed by atoms with Gasteiger partial charge in [0.25, 0.3) is 0 Å². The van der Waals surface area contributed by atoms with Crippen molar-refractivity contribution in [3.8, 4) is 11.5 Å². The Morgan fingerprint density at radius 2 is 1.90 bits per heavy atom. The number of methoxy groups -OCH3 is 1. The molecule has 0 saturated heterocycles. The molecule has 4 nitrogen and oxygen atoms in total. The van der Waals surface area contributed by atoms with E-state index in [2.05, 4.69) is 19.2 Å². The van der Waals surface area contributed by atoms with Crippen LogP contribution in [-0.2, 0) is 0 Å². The van der Waals surface area contributed by atoms with Crippen molar-refractivity contribution >= 4 is 0 Å². The molecule has 1 rings (SSSR count). The van der Waals surface area contributed by atoms with E-state index in [4.69, 9.17) is 4.74 Å². The number of hydrogen-bond acceptors (Lipinski definition) is 4. The van der Waals surface area contributed by atoms with Crippen molar-refractivity contribution in [1.82, 2.24) is 5.32 Å². The van der Waals surface area contributed by atoms with Gasteiger partial charge in [0.15, 0.2) is 0 Å². The second-order valence-electron chi connectivity index (χ2n) is 5.20. The molecule has 1 aromatic carbocycles. The molecular weight excluding hydrogens is 254 g/mol. The normalized spacial score (nSPS) is 14.3. The second kappa shape index (κ2) is 8.12. The zero-order valence-electron chi connectivity index (χ0n) is 12.9. The maximum Gasteiger partial charge on any atom is 0.120 e. The Balaban J connectivity index is 2.64. The van der Waals surface area contributed by atoms with E-state index >= 15 is 0 Å². The maximum atomic E-state index is 10.1. The summed E-state index contributed by atoms with van der Waals surface area (Å²) < 4.78 is 5.17. The molecule has 4 heteroatoms. The van der Waals surface area contributed by atoms with Gasteiger partial charge in [-0.05, 0) is 31.0 Å². The molecule has 0 aromatic heterocycles. The number of nitrogens with one attached hydrogen (secondary N) is 1. The van der Waals surface area contributed by atoms with Crippen LogP contribution in [-0.4, -0.2) is 30.0 Å². The second-order valence-corrected chi connectivity index (χ2v) is 5.20. The number of ether oxygens (including phenoxy) is 1. The highest BCUT2D eigenvalue weighted by atomic mass is 16.5. The highest BCUT2D eigenvalue weighted by Gasteiger charge is 2.17. The van der Waals surface area contributed by atoms with Gasteiger partial charge in [0.2, 0.25) is 0 Å². The van der Waals surface area contributed by atoms with Crippen LogP contribution in [0.25, 0.3) is 0 Å². The summed E-state index contributed by atoms with van der Waals surface area (Å²) in [7, 11) is 1.60. The van der Waals surface area contributed by atoms with Gasteiger partial charge in [-0.1, -0.05) is 26.7 Å². The fraction of sp³-hybridized carbons (Fsp3) is 0.625. The Morgan fingerprint density at radius 3 is 2.45 bits per heavy atom. The smallest absolute Gasteiger partial charge is 0.120 e. The van der Waals surface area contributed by atoms with Crippen LogP contribution < -0.4 is 10.1 Å². The molecule has 3 N–H and O–H groups in total. The SMILES string of the molecule is CCC(CC)C(O)CNC(C)c1cc(OC)ccc1O. The van der Waals surface area contributed by atoms with Crippen LogP contribution in [0.2, 0.25) is 0 Å².